The van der Waals surface area contributed by atoms with Crippen LogP contribution in [0.4, 0.5) is 0 Å². The molecule has 0 aromatic heterocycles. The minimum atomic E-state index is -0.175. The predicted octanol–water partition coefficient (Wildman–Crippen LogP) is 4.74. The molecule has 0 heterocycles. The lowest BCUT2D eigenvalue weighted by atomic mass is 9.86. The number of ether oxygens (including phenoxy) is 1. The van der Waals surface area contributed by atoms with Crippen LogP contribution in [0, 0.1) is 5.92 Å². The van der Waals surface area contributed by atoms with Gasteiger partial charge in [-0.05, 0) is 49.8 Å². The Balaban J connectivity index is 3.07. The van der Waals surface area contributed by atoms with Gasteiger partial charge in [-0.15, -0.1) is 0 Å². The SMILES string of the molecule is CCCNC(c1cccc(CC(C)C)c1)C(C)(CC)OC. The zero-order valence-corrected chi connectivity index (χ0v) is 14.7. The van der Waals surface area contributed by atoms with E-state index in [1.54, 1.807) is 0 Å². The highest BCUT2D eigenvalue weighted by molar-refractivity contribution is 5.28. The standard InChI is InChI=1S/C19H33NO/c1-7-12-20-18(19(5,8-2)21-6)17-11-9-10-16(14-17)13-15(3)4/h9-11,14-15,18,20H,7-8,12-13H2,1-6H3. The van der Waals surface area contributed by atoms with Crippen molar-refractivity contribution in [1.29, 1.82) is 0 Å². The van der Waals surface area contributed by atoms with E-state index in [9.17, 15) is 0 Å². The number of hydrogen-bond acceptors (Lipinski definition) is 2. The molecule has 0 saturated carbocycles. The van der Waals surface area contributed by atoms with E-state index >= 15 is 0 Å². The highest BCUT2D eigenvalue weighted by Gasteiger charge is 2.33. The van der Waals surface area contributed by atoms with E-state index in [-0.39, 0.29) is 11.6 Å². The second-order valence-electron chi connectivity index (χ2n) is 6.60. The first-order chi connectivity index (χ1) is 9.96. The lowest BCUT2D eigenvalue weighted by Crippen LogP contribution is -2.43. The number of nitrogens with one attached hydrogen (secondary N) is 1. The molecule has 0 aliphatic heterocycles. The Kier molecular flexibility index (Phi) is 7.41. The molecule has 0 aliphatic rings. The van der Waals surface area contributed by atoms with E-state index in [1.807, 2.05) is 7.11 Å². The highest BCUT2D eigenvalue weighted by atomic mass is 16.5. The van der Waals surface area contributed by atoms with E-state index < -0.39 is 0 Å². The van der Waals surface area contributed by atoms with Crippen LogP contribution in [0.2, 0.25) is 0 Å². The summed E-state index contributed by atoms with van der Waals surface area (Å²) in [7, 11) is 1.82. The zero-order chi connectivity index (χ0) is 15.9. The second-order valence-corrected chi connectivity index (χ2v) is 6.60. The molecule has 2 atom stereocenters. The van der Waals surface area contributed by atoms with Crippen molar-refractivity contribution in [2.75, 3.05) is 13.7 Å². The van der Waals surface area contributed by atoms with E-state index in [0.29, 0.717) is 5.92 Å². The fourth-order valence-electron chi connectivity index (χ4n) is 2.81. The van der Waals surface area contributed by atoms with Crippen LogP contribution in [0.25, 0.3) is 0 Å². The van der Waals surface area contributed by atoms with Gasteiger partial charge in [-0.2, -0.15) is 0 Å². The van der Waals surface area contributed by atoms with Crippen LogP contribution in [-0.4, -0.2) is 19.3 Å². The summed E-state index contributed by atoms with van der Waals surface area (Å²) in [6.45, 7) is 12.2. The molecular weight excluding hydrogens is 258 g/mol. The van der Waals surface area contributed by atoms with Gasteiger partial charge in [0.25, 0.3) is 0 Å². The van der Waals surface area contributed by atoms with Crippen LogP contribution in [0.1, 0.15) is 64.6 Å². The third-order valence-corrected chi connectivity index (χ3v) is 4.31. The van der Waals surface area contributed by atoms with Crippen LogP contribution in [0.15, 0.2) is 24.3 Å². The fraction of sp³-hybridized carbons (Fsp3) is 0.684. The van der Waals surface area contributed by atoms with E-state index in [0.717, 1.165) is 25.8 Å². The van der Waals surface area contributed by atoms with Crippen molar-refractivity contribution in [2.24, 2.45) is 5.92 Å². The summed E-state index contributed by atoms with van der Waals surface area (Å²) in [4.78, 5) is 0. The fourth-order valence-corrected chi connectivity index (χ4v) is 2.81. The van der Waals surface area contributed by atoms with Crippen molar-refractivity contribution < 1.29 is 4.74 Å². The van der Waals surface area contributed by atoms with Crippen molar-refractivity contribution in [2.45, 2.75) is 65.5 Å². The zero-order valence-electron chi connectivity index (χ0n) is 14.7. The van der Waals surface area contributed by atoms with Gasteiger partial charge >= 0.3 is 0 Å². The van der Waals surface area contributed by atoms with Gasteiger partial charge in [0.05, 0.1) is 11.6 Å². The first kappa shape index (κ1) is 18.2. The van der Waals surface area contributed by atoms with Gasteiger partial charge in [0.15, 0.2) is 0 Å². The molecule has 120 valence electrons. The Hall–Kier alpha value is -0.860. The quantitative estimate of drug-likeness (QED) is 0.709. The predicted molar refractivity (Wildman–Crippen MR) is 91.7 cm³/mol. The molecule has 0 fully saturated rings. The normalized spacial score (nSPS) is 16.0. The molecule has 21 heavy (non-hydrogen) atoms. The molecule has 2 nitrogen and oxygen atoms in total. The smallest absolute Gasteiger partial charge is 0.0841 e. The Bertz CT molecular complexity index is 410. The largest absolute Gasteiger partial charge is 0.377 e. The highest BCUT2D eigenvalue weighted by Crippen LogP contribution is 2.32. The molecule has 0 saturated heterocycles. The molecule has 2 heteroatoms. The third-order valence-electron chi connectivity index (χ3n) is 4.31. The minimum Gasteiger partial charge on any atom is -0.377 e. The van der Waals surface area contributed by atoms with Gasteiger partial charge in [0, 0.05) is 7.11 Å². The molecule has 1 rings (SSSR count). The van der Waals surface area contributed by atoms with Gasteiger partial charge < -0.3 is 10.1 Å². The molecule has 1 aromatic rings. The van der Waals surface area contributed by atoms with Crippen LogP contribution < -0.4 is 5.32 Å². The summed E-state index contributed by atoms with van der Waals surface area (Å²) in [6, 6.07) is 9.22. The lowest BCUT2D eigenvalue weighted by molar-refractivity contribution is -0.0299. The van der Waals surface area contributed by atoms with Gasteiger partial charge in [0.2, 0.25) is 0 Å². The van der Waals surface area contributed by atoms with Gasteiger partial charge in [-0.25, -0.2) is 0 Å². The monoisotopic (exact) mass is 291 g/mol. The van der Waals surface area contributed by atoms with E-state index in [1.165, 1.54) is 11.1 Å². The van der Waals surface area contributed by atoms with E-state index in [4.69, 9.17) is 4.74 Å². The summed E-state index contributed by atoms with van der Waals surface area (Å²) in [5, 5.41) is 3.68. The van der Waals surface area contributed by atoms with Crippen LogP contribution in [0.3, 0.4) is 0 Å². The second kappa shape index (κ2) is 8.55. The molecule has 0 spiro atoms. The molecule has 1 N–H and O–H groups in total. The molecule has 0 radical (unpaired) electrons. The van der Waals surface area contributed by atoms with Crippen molar-refractivity contribution in [3.8, 4) is 0 Å². The molecular formula is C19H33NO. The average Bonchev–Trinajstić information content (AvgIpc) is 2.47. The van der Waals surface area contributed by atoms with Crippen LogP contribution >= 0.6 is 0 Å². The maximum atomic E-state index is 5.86. The van der Waals surface area contributed by atoms with Crippen molar-refractivity contribution in [1.82, 2.24) is 5.32 Å². The summed E-state index contributed by atoms with van der Waals surface area (Å²) in [6.07, 6.45) is 3.25. The number of benzene rings is 1. The van der Waals surface area contributed by atoms with Crippen molar-refractivity contribution >= 4 is 0 Å². The Labute approximate surface area is 131 Å². The first-order valence-corrected chi connectivity index (χ1v) is 8.34. The third kappa shape index (κ3) is 5.12. The number of methoxy groups -OCH3 is 1. The number of hydrogen-bond donors (Lipinski definition) is 1. The van der Waals surface area contributed by atoms with E-state index in [2.05, 4.69) is 64.2 Å². The summed E-state index contributed by atoms with van der Waals surface area (Å²) in [5.41, 5.74) is 2.58. The maximum absolute atomic E-state index is 5.86. The Morgan fingerprint density at radius 2 is 1.95 bits per heavy atom. The summed E-state index contributed by atoms with van der Waals surface area (Å²) in [5.74, 6) is 0.683. The van der Waals surface area contributed by atoms with Gasteiger partial charge in [-0.1, -0.05) is 52.0 Å². The first-order valence-electron chi connectivity index (χ1n) is 8.34. The van der Waals surface area contributed by atoms with Crippen molar-refractivity contribution in [3.63, 3.8) is 0 Å². The molecule has 0 aliphatic carbocycles. The maximum Gasteiger partial charge on any atom is 0.0841 e. The minimum absolute atomic E-state index is 0.175. The molecule has 0 bridgehead atoms. The van der Waals surface area contributed by atoms with Gasteiger partial charge in [0.1, 0.15) is 0 Å². The van der Waals surface area contributed by atoms with Crippen LogP contribution in [-0.2, 0) is 11.2 Å². The molecule has 1 aromatic carbocycles. The lowest BCUT2D eigenvalue weighted by Gasteiger charge is -2.37. The Morgan fingerprint density at radius 3 is 2.48 bits per heavy atom. The number of rotatable bonds is 9. The molecule has 0 amide bonds. The summed E-state index contributed by atoms with van der Waals surface area (Å²) < 4.78 is 5.86. The topological polar surface area (TPSA) is 21.3 Å². The summed E-state index contributed by atoms with van der Waals surface area (Å²) >= 11 is 0. The molecule has 2 unspecified atom stereocenters. The van der Waals surface area contributed by atoms with Gasteiger partial charge in [-0.3, -0.25) is 0 Å². The Morgan fingerprint density at radius 1 is 1.24 bits per heavy atom. The van der Waals surface area contributed by atoms with Crippen LogP contribution in [0.5, 0.6) is 0 Å². The van der Waals surface area contributed by atoms with Crippen molar-refractivity contribution in [3.05, 3.63) is 35.4 Å². The average molecular weight is 291 g/mol.